The lowest BCUT2D eigenvalue weighted by molar-refractivity contribution is 0.00578. The number of rotatable bonds is 6. The smallest absolute Gasteiger partial charge is 0.456 e. The lowest BCUT2D eigenvalue weighted by atomic mass is 9.49. The zero-order valence-electron chi connectivity index (χ0n) is 55.1. The third-order valence-electron chi connectivity index (χ3n) is 20.5. The Morgan fingerprint density at radius 3 is 0.874 bits per heavy atom. The van der Waals surface area contributed by atoms with Crippen LogP contribution in [-0.4, -0.2) is 64.7 Å². The molecule has 14 aromatic rings. The Hall–Kier alpha value is -8.43. The lowest BCUT2D eigenvalue weighted by Gasteiger charge is -2.32. The van der Waals surface area contributed by atoms with E-state index in [1.807, 2.05) is 104 Å². The van der Waals surface area contributed by atoms with Gasteiger partial charge in [0.2, 0.25) is 0 Å². The quantitative estimate of drug-likeness (QED) is 0.0907. The zero-order valence-corrected chi connectivity index (χ0v) is 56.6. The van der Waals surface area contributed by atoms with E-state index in [0.29, 0.717) is 0 Å². The molecule has 0 bridgehead atoms. The van der Waals surface area contributed by atoms with Gasteiger partial charge in [-0.25, -0.2) is 4.98 Å². The van der Waals surface area contributed by atoms with Gasteiger partial charge < -0.3 is 36.8 Å². The number of nitrogens with zero attached hydrogens (tertiary/aromatic N) is 2. The summed E-state index contributed by atoms with van der Waals surface area (Å²) in [5.74, 6) is 0. The van der Waals surface area contributed by atoms with E-state index < -0.39 is 32.3 Å². The SMILES string of the molecule is Brc1ccc(-c2c3ccccc3c(-c3ccc4oc5ccccc5c4c3)c3ccccc23)cn1.C.CC1(C)OB(B2OC(C)(C)C(C)(C)O2)OC1(C)C.CC1(C)OB(c2ccc(-c3c4ccccc4c(-c4ccc5oc6ccccc6c5c4)c4ccccc34)cn2)OC1(C)C. The van der Waals surface area contributed by atoms with Gasteiger partial charge in [0, 0.05) is 45.1 Å². The molecule has 0 unspecified atom stereocenters. The Labute approximate surface area is 564 Å². The molecule has 3 aliphatic rings. The van der Waals surface area contributed by atoms with Gasteiger partial charge in [0.15, 0.2) is 0 Å². The second kappa shape index (κ2) is 23.7. The van der Waals surface area contributed by atoms with Crippen molar-refractivity contribution in [1.29, 1.82) is 0 Å². The van der Waals surface area contributed by atoms with E-state index in [-0.39, 0.29) is 29.8 Å². The van der Waals surface area contributed by atoms with E-state index in [9.17, 15) is 0 Å². The van der Waals surface area contributed by atoms with Crippen molar-refractivity contribution in [3.8, 4) is 44.5 Å². The van der Waals surface area contributed by atoms with Crippen molar-refractivity contribution in [3.05, 3.63) is 223 Å². The van der Waals surface area contributed by atoms with E-state index >= 15 is 0 Å². The summed E-state index contributed by atoms with van der Waals surface area (Å²) >= 11 is 3.47. The molecule has 95 heavy (non-hydrogen) atoms. The summed E-state index contributed by atoms with van der Waals surface area (Å²) in [7, 11) is -1.44. The van der Waals surface area contributed by atoms with Gasteiger partial charge in [0.05, 0.1) is 39.2 Å². The second-order valence-electron chi connectivity index (χ2n) is 28.0. The molecule has 0 spiro atoms. The normalized spacial score (nSPS) is 17.4. The maximum absolute atomic E-state index is 6.26. The molecule has 0 N–H and O–H groups in total. The Kier molecular flexibility index (Phi) is 16.0. The van der Waals surface area contributed by atoms with Crippen LogP contribution in [0.5, 0.6) is 0 Å². The fourth-order valence-corrected chi connectivity index (χ4v) is 13.7. The van der Waals surface area contributed by atoms with E-state index in [2.05, 4.69) is 218 Å². The third kappa shape index (κ3) is 11.1. The van der Waals surface area contributed by atoms with Crippen LogP contribution in [0.25, 0.3) is 131 Å². The number of halogens is 1. The molecule has 0 radical (unpaired) electrons. The Bertz CT molecular complexity index is 5100. The zero-order chi connectivity index (χ0) is 65.3. The summed E-state index contributed by atoms with van der Waals surface area (Å²) in [4.78, 5) is 9.37. The molecule has 3 aliphatic heterocycles. The standard InChI is InChI=1S/C37H30BNO3.C31H18BrNO.C12H24B2O4.CH4/c1-36(2)37(3,4)42-38(41-36)33-20-18-24(22-39-33)35-28-14-7-5-12-26(28)34(27-13-6-8-15-29(27)35)23-17-19-32-30(21-23)25-11-9-10-16-31(25)40-32;32-29-16-14-20(18-33-29)31-24-10-3-1-8-22(24)30(23-9-2-4-11-25(23)31)19-13-15-28-26(17-19)21-7-5-6-12-27(21)34-28;1-9(2)10(3,4)16-13(15-9)14-17-11(5,6)12(7,8)18-14;/h5-22H,1-4H3;1-18H;1-8H3;1H4. The molecule has 0 aliphatic carbocycles. The average Bonchev–Trinajstić information content (AvgIpc) is 1.60. The van der Waals surface area contributed by atoms with Crippen molar-refractivity contribution in [2.45, 2.75) is 124 Å². The summed E-state index contributed by atoms with van der Waals surface area (Å²) < 4.78 is 49.4. The Morgan fingerprint density at radius 1 is 0.284 bits per heavy atom. The van der Waals surface area contributed by atoms with Gasteiger partial charge in [-0.15, -0.1) is 0 Å². The highest BCUT2D eigenvalue weighted by atomic mass is 79.9. The minimum Gasteiger partial charge on any atom is -0.456 e. The lowest BCUT2D eigenvalue weighted by Crippen LogP contribution is -2.41. The molecule has 3 fully saturated rings. The average molecular weight is 1320 g/mol. The maximum Gasteiger partial charge on any atom is 0.514 e. The number of para-hydroxylation sites is 2. The maximum atomic E-state index is 6.26. The van der Waals surface area contributed by atoms with E-state index in [1.165, 1.54) is 76.5 Å². The van der Waals surface area contributed by atoms with Gasteiger partial charge in [0.25, 0.3) is 0 Å². The first-order valence-corrected chi connectivity index (χ1v) is 33.1. The highest BCUT2D eigenvalue weighted by Crippen LogP contribution is 2.48. The summed E-state index contributed by atoms with van der Waals surface area (Å²) in [6.45, 7) is 24.5. The third-order valence-corrected chi connectivity index (χ3v) is 21.0. The fourth-order valence-electron chi connectivity index (χ4n) is 13.4. The van der Waals surface area contributed by atoms with Crippen LogP contribution < -0.4 is 5.59 Å². The van der Waals surface area contributed by atoms with Crippen molar-refractivity contribution >= 4 is 130 Å². The number of hydrogen-bond acceptors (Lipinski definition) is 10. The molecule has 14 heteroatoms. The van der Waals surface area contributed by atoms with Crippen LogP contribution in [0, 0.1) is 0 Å². The minimum atomic E-state index is -0.492. The number of furan rings is 2. The summed E-state index contributed by atoms with van der Waals surface area (Å²) in [5, 5.41) is 14.2. The first-order valence-electron chi connectivity index (χ1n) is 32.3. The van der Waals surface area contributed by atoms with Crippen LogP contribution >= 0.6 is 15.9 Å². The molecule has 17 rings (SSSR count). The van der Waals surface area contributed by atoms with Gasteiger partial charge >= 0.3 is 21.1 Å². The van der Waals surface area contributed by atoms with Crippen molar-refractivity contribution in [1.82, 2.24) is 9.97 Å². The molecule has 474 valence electrons. The summed E-state index contributed by atoms with van der Waals surface area (Å²) in [6, 6.07) is 72.6. The molecule has 0 amide bonds. The van der Waals surface area contributed by atoms with Gasteiger partial charge in [-0.2, -0.15) is 0 Å². The van der Waals surface area contributed by atoms with Gasteiger partial charge in [-0.05, 0) is 224 Å². The molecule has 10 nitrogen and oxygen atoms in total. The van der Waals surface area contributed by atoms with Crippen molar-refractivity contribution in [2.75, 3.05) is 0 Å². The predicted octanol–water partition coefficient (Wildman–Crippen LogP) is 21.2. The highest BCUT2D eigenvalue weighted by Gasteiger charge is 2.64. The molecule has 0 atom stereocenters. The second-order valence-corrected chi connectivity index (χ2v) is 28.8. The van der Waals surface area contributed by atoms with Gasteiger partial charge in [0.1, 0.15) is 26.9 Å². The molecule has 7 heterocycles. The van der Waals surface area contributed by atoms with Crippen LogP contribution in [0.4, 0.5) is 0 Å². The molecule has 4 aromatic heterocycles. The van der Waals surface area contributed by atoms with Crippen LogP contribution in [-0.2, 0) is 27.9 Å². The van der Waals surface area contributed by atoms with Crippen molar-refractivity contribution in [3.63, 3.8) is 0 Å². The first-order chi connectivity index (χ1) is 45.0. The van der Waals surface area contributed by atoms with Crippen LogP contribution in [0.3, 0.4) is 0 Å². The van der Waals surface area contributed by atoms with Gasteiger partial charge in [-0.1, -0.05) is 165 Å². The number of fused-ring (bicyclic) bond motifs is 10. The van der Waals surface area contributed by atoms with Gasteiger partial charge in [-0.3, -0.25) is 4.98 Å². The fraction of sp³-hybridized carbons (Fsp3) is 0.235. The monoisotopic (exact) mass is 1320 g/mol. The highest BCUT2D eigenvalue weighted by molar-refractivity contribution is 9.10. The molecular weight excluding hydrogens is 1240 g/mol. The Morgan fingerprint density at radius 2 is 0.558 bits per heavy atom. The molecule has 0 saturated carbocycles. The molecule has 3 saturated heterocycles. The Balaban J connectivity index is 0.000000132. The minimum absolute atomic E-state index is 0. The van der Waals surface area contributed by atoms with Crippen LogP contribution in [0.2, 0.25) is 0 Å². The number of benzene rings is 10. The van der Waals surface area contributed by atoms with E-state index in [0.717, 1.165) is 65.2 Å². The molecule has 10 aromatic carbocycles. The largest absolute Gasteiger partial charge is 0.514 e. The molecular formula is C81H76B3BrN2O8. The topological polar surface area (TPSA) is 107 Å². The number of pyridine rings is 2. The van der Waals surface area contributed by atoms with Crippen LogP contribution in [0.1, 0.15) is 90.5 Å². The van der Waals surface area contributed by atoms with Crippen LogP contribution in [0.15, 0.2) is 232 Å². The van der Waals surface area contributed by atoms with Crippen molar-refractivity contribution < 1.29 is 36.8 Å². The predicted molar refractivity (Wildman–Crippen MR) is 397 cm³/mol. The van der Waals surface area contributed by atoms with E-state index in [4.69, 9.17) is 41.7 Å². The first kappa shape index (κ1) is 63.9. The number of hydrogen-bond donors (Lipinski definition) is 0. The summed E-state index contributed by atoms with van der Waals surface area (Å²) in [6.07, 6.45) is 3.90. The number of aromatic nitrogens is 2. The summed E-state index contributed by atoms with van der Waals surface area (Å²) in [5.41, 5.74) is 11.5. The van der Waals surface area contributed by atoms with Crippen molar-refractivity contribution in [2.24, 2.45) is 0 Å². The van der Waals surface area contributed by atoms with E-state index in [1.54, 1.807) is 0 Å².